The van der Waals surface area contributed by atoms with E-state index in [9.17, 15) is 14.7 Å². The number of ether oxygens (including phenoxy) is 2. The van der Waals surface area contributed by atoms with E-state index >= 15 is 0 Å². The lowest BCUT2D eigenvalue weighted by atomic mass is 9.77. The minimum atomic E-state index is -0.806. The molecule has 1 N–H and O–H groups in total. The van der Waals surface area contributed by atoms with Crippen LogP contribution in [0.25, 0.3) is 6.08 Å². The van der Waals surface area contributed by atoms with Gasteiger partial charge in [0.25, 0.3) is 5.91 Å². The standard InChI is InChI=1S/C24H22ClNO5/c1-24-13-18(17-12-16(25)9-11-20(17)31-24)21(22(28)26(24)2)19(27)10-6-14-4-7-15(8-5-14)23(29)30-3/h4-12,18,27H,13H2,1-3H3. The van der Waals surface area contributed by atoms with Gasteiger partial charge in [-0.15, -0.1) is 0 Å². The topological polar surface area (TPSA) is 76.1 Å². The second-order valence-corrected chi connectivity index (χ2v) is 8.26. The number of hydrogen-bond acceptors (Lipinski definition) is 5. The summed E-state index contributed by atoms with van der Waals surface area (Å²) in [6.07, 6.45) is 3.68. The molecule has 31 heavy (non-hydrogen) atoms. The summed E-state index contributed by atoms with van der Waals surface area (Å²) in [6, 6.07) is 12.1. The van der Waals surface area contributed by atoms with Crippen molar-refractivity contribution in [1.29, 1.82) is 0 Å². The van der Waals surface area contributed by atoms with Crippen LogP contribution in [0.3, 0.4) is 0 Å². The number of aliphatic hydroxyl groups is 1. The number of piperidine rings is 1. The quantitative estimate of drug-likeness (QED) is 0.426. The lowest BCUT2D eigenvalue weighted by molar-refractivity contribution is -0.153. The van der Waals surface area contributed by atoms with Gasteiger partial charge in [0.1, 0.15) is 11.5 Å². The number of hydrogen-bond donors (Lipinski definition) is 1. The summed E-state index contributed by atoms with van der Waals surface area (Å²) in [7, 11) is 2.99. The zero-order valence-corrected chi connectivity index (χ0v) is 18.1. The number of nitrogens with zero attached hydrogens (tertiary/aromatic N) is 1. The van der Waals surface area contributed by atoms with E-state index in [1.54, 1.807) is 55.6 Å². The highest BCUT2D eigenvalue weighted by atomic mass is 35.5. The van der Waals surface area contributed by atoms with Crippen molar-refractivity contribution in [3.8, 4) is 5.75 Å². The maximum absolute atomic E-state index is 13.2. The van der Waals surface area contributed by atoms with E-state index in [-0.39, 0.29) is 17.6 Å². The molecule has 1 saturated heterocycles. The van der Waals surface area contributed by atoms with Crippen molar-refractivity contribution in [2.75, 3.05) is 14.2 Å². The summed E-state index contributed by atoms with van der Waals surface area (Å²) in [5.74, 6) is -0.532. The predicted octanol–water partition coefficient (Wildman–Crippen LogP) is 4.71. The number of carbonyl (C=O) groups is 2. The number of halogens is 1. The Morgan fingerprint density at radius 3 is 2.68 bits per heavy atom. The monoisotopic (exact) mass is 439 g/mol. The fourth-order valence-electron chi connectivity index (χ4n) is 4.06. The van der Waals surface area contributed by atoms with Crippen molar-refractivity contribution in [3.05, 3.63) is 81.6 Å². The Kier molecular flexibility index (Phi) is 5.27. The number of aliphatic hydroxyl groups excluding tert-OH is 1. The second-order valence-electron chi connectivity index (χ2n) is 7.83. The van der Waals surface area contributed by atoms with Crippen LogP contribution >= 0.6 is 11.6 Å². The van der Waals surface area contributed by atoms with Gasteiger partial charge in [0, 0.05) is 30.0 Å². The van der Waals surface area contributed by atoms with E-state index in [1.807, 2.05) is 6.92 Å². The van der Waals surface area contributed by atoms with Crippen LogP contribution in [-0.4, -0.2) is 41.8 Å². The highest BCUT2D eigenvalue weighted by Crippen LogP contribution is 2.50. The number of allylic oxidation sites excluding steroid dienone is 1. The number of methoxy groups -OCH3 is 1. The molecule has 2 bridgehead atoms. The molecule has 0 spiro atoms. The number of carbonyl (C=O) groups excluding carboxylic acids is 2. The van der Waals surface area contributed by atoms with Gasteiger partial charge in [0.15, 0.2) is 5.72 Å². The molecule has 2 aliphatic rings. The molecule has 7 heteroatoms. The minimum Gasteiger partial charge on any atom is -0.507 e. The first-order chi connectivity index (χ1) is 14.7. The molecule has 2 aliphatic heterocycles. The summed E-state index contributed by atoms with van der Waals surface area (Å²) in [5.41, 5.74) is 1.47. The molecule has 160 valence electrons. The lowest BCUT2D eigenvalue weighted by Crippen LogP contribution is -2.59. The van der Waals surface area contributed by atoms with E-state index in [1.165, 1.54) is 18.1 Å². The highest BCUT2D eigenvalue weighted by molar-refractivity contribution is 6.30. The van der Waals surface area contributed by atoms with Gasteiger partial charge in [-0.3, -0.25) is 4.79 Å². The van der Waals surface area contributed by atoms with Crippen LogP contribution in [0.1, 0.15) is 40.7 Å². The summed E-state index contributed by atoms with van der Waals surface area (Å²) in [4.78, 5) is 26.2. The highest BCUT2D eigenvalue weighted by Gasteiger charge is 2.51. The fraction of sp³-hybridized carbons (Fsp3) is 0.250. The number of fused-ring (bicyclic) bond motifs is 4. The first kappa shape index (κ1) is 21.0. The molecule has 0 aliphatic carbocycles. The molecular formula is C24H22ClNO5. The van der Waals surface area contributed by atoms with E-state index in [0.717, 1.165) is 11.1 Å². The minimum absolute atomic E-state index is 0.117. The van der Waals surface area contributed by atoms with Gasteiger partial charge in [0.2, 0.25) is 0 Å². The fourth-order valence-corrected chi connectivity index (χ4v) is 4.24. The first-order valence-electron chi connectivity index (χ1n) is 9.80. The van der Waals surface area contributed by atoms with Gasteiger partial charge >= 0.3 is 5.97 Å². The number of amides is 1. The van der Waals surface area contributed by atoms with Gasteiger partial charge in [0.05, 0.1) is 18.2 Å². The van der Waals surface area contributed by atoms with Crippen LogP contribution in [0, 0.1) is 0 Å². The number of rotatable bonds is 3. The van der Waals surface area contributed by atoms with Gasteiger partial charge in [-0.25, -0.2) is 4.79 Å². The first-order valence-corrected chi connectivity index (χ1v) is 10.2. The van der Waals surface area contributed by atoms with Crippen LogP contribution in [0.15, 0.2) is 59.9 Å². The van der Waals surface area contributed by atoms with Crippen molar-refractivity contribution < 1.29 is 24.2 Å². The summed E-state index contributed by atoms with van der Waals surface area (Å²) < 4.78 is 10.8. The SMILES string of the molecule is COC(=O)c1ccc(C=CC(O)=C2C(=O)N(C)C3(C)CC2c2cc(Cl)ccc2O3)cc1. The third-order valence-corrected chi connectivity index (χ3v) is 6.13. The molecule has 0 aromatic heterocycles. The third kappa shape index (κ3) is 3.68. The Bertz CT molecular complexity index is 1120. The Labute approximate surface area is 185 Å². The molecule has 2 unspecified atom stereocenters. The van der Waals surface area contributed by atoms with E-state index < -0.39 is 11.7 Å². The molecular weight excluding hydrogens is 418 g/mol. The third-order valence-electron chi connectivity index (χ3n) is 5.89. The van der Waals surface area contributed by atoms with E-state index in [4.69, 9.17) is 21.1 Å². The van der Waals surface area contributed by atoms with Crippen molar-refractivity contribution >= 4 is 29.6 Å². The lowest BCUT2D eigenvalue weighted by Gasteiger charge is -2.50. The van der Waals surface area contributed by atoms with Crippen LogP contribution in [0.5, 0.6) is 5.75 Å². The van der Waals surface area contributed by atoms with E-state index in [2.05, 4.69) is 0 Å². The molecule has 2 atom stereocenters. The van der Waals surface area contributed by atoms with Crippen LogP contribution in [-0.2, 0) is 9.53 Å². The van der Waals surface area contributed by atoms with Crippen molar-refractivity contribution in [2.24, 2.45) is 0 Å². The normalized spacial score (nSPS) is 23.9. The van der Waals surface area contributed by atoms with Crippen molar-refractivity contribution in [2.45, 2.75) is 25.0 Å². The largest absolute Gasteiger partial charge is 0.507 e. The van der Waals surface area contributed by atoms with Gasteiger partial charge in [-0.1, -0.05) is 29.8 Å². The maximum Gasteiger partial charge on any atom is 0.337 e. The van der Waals surface area contributed by atoms with Gasteiger partial charge in [-0.05, 0) is 48.9 Å². The maximum atomic E-state index is 13.2. The Morgan fingerprint density at radius 2 is 2.00 bits per heavy atom. The number of benzene rings is 2. The van der Waals surface area contributed by atoms with Gasteiger partial charge in [-0.2, -0.15) is 0 Å². The number of esters is 1. The molecule has 1 amide bonds. The molecule has 2 aromatic carbocycles. The summed E-state index contributed by atoms with van der Waals surface area (Å²) in [6.45, 7) is 1.86. The Morgan fingerprint density at radius 1 is 1.29 bits per heavy atom. The average Bonchev–Trinajstić information content (AvgIpc) is 2.76. The van der Waals surface area contributed by atoms with Crippen molar-refractivity contribution in [1.82, 2.24) is 4.90 Å². The molecule has 2 aromatic rings. The molecule has 0 radical (unpaired) electrons. The predicted molar refractivity (Wildman–Crippen MR) is 117 cm³/mol. The van der Waals surface area contributed by atoms with E-state index in [0.29, 0.717) is 28.3 Å². The number of likely N-dealkylation sites (N-methyl/N-ethyl adjacent to an activating group) is 1. The van der Waals surface area contributed by atoms with Crippen LogP contribution in [0.2, 0.25) is 5.02 Å². The van der Waals surface area contributed by atoms with Crippen LogP contribution in [0.4, 0.5) is 0 Å². The second kappa shape index (κ2) is 7.78. The average molecular weight is 440 g/mol. The smallest absolute Gasteiger partial charge is 0.337 e. The molecule has 1 fully saturated rings. The van der Waals surface area contributed by atoms with Gasteiger partial charge < -0.3 is 19.5 Å². The molecule has 4 rings (SSSR count). The Balaban J connectivity index is 1.72. The molecule has 6 nitrogen and oxygen atoms in total. The zero-order valence-electron chi connectivity index (χ0n) is 17.4. The van der Waals surface area contributed by atoms with Crippen LogP contribution < -0.4 is 4.74 Å². The molecule has 0 saturated carbocycles. The molecule has 2 heterocycles. The summed E-state index contributed by atoms with van der Waals surface area (Å²) in [5, 5.41) is 11.4. The van der Waals surface area contributed by atoms with Crippen molar-refractivity contribution in [3.63, 3.8) is 0 Å². The number of likely N-dealkylation sites (tertiary alicyclic amines) is 1. The Hall–Kier alpha value is -3.25. The zero-order chi connectivity index (χ0) is 22.3. The summed E-state index contributed by atoms with van der Waals surface area (Å²) >= 11 is 6.19.